The highest BCUT2D eigenvalue weighted by Crippen LogP contribution is 2.30. The van der Waals surface area contributed by atoms with Gasteiger partial charge in [0.25, 0.3) is 0 Å². The molecule has 0 spiro atoms. The minimum Gasteiger partial charge on any atom is -0.389 e. The summed E-state index contributed by atoms with van der Waals surface area (Å²) in [5.41, 5.74) is 8.33. The molecule has 0 aliphatic carbocycles. The van der Waals surface area contributed by atoms with E-state index in [1.54, 1.807) is 0 Å². The summed E-state index contributed by atoms with van der Waals surface area (Å²) in [5, 5.41) is 0. The van der Waals surface area contributed by atoms with Crippen molar-refractivity contribution in [2.24, 2.45) is 5.73 Å². The summed E-state index contributed by atoms with van der Waals surface area (Å²) >= 11 is 5.11. The van der Waals surface area contributed by atoms with Crippen LogP contribution in [0.3, 0.4) is 0 Å². The van der Waals surface area contributed by atoms with Crippen molar-refractivity contribution in [3.8, 4) is 0 Å². The monoisotopic (exact) mass is 248 g/mol. The highest BCUT2D eigenvalue weighted by molar-refractivity contribution is 7.80. The van der Waals surface area contributed by atoms with Gasteiger partial charge in [0.05, 0.1) is 0 Å². The molecule has 1 aromatic carbocycles. The molecule has 1 aliphatic rings. The van der Waals surface area contributed by atoms with Gasteiger partial charge in [-0.05, 0) is 38.8 Å². The molecule has 1 saturated heterocycles. The van der Waals surface area contributed by atoms with E-state index in [-0.39, 0.29) is 0 Å². The van der Waals surface area contributed by atoms with Gasteiger partial charge in [-0.25, -0.2) is 0 Å². The lowest BCUT2D eigenvalue weighted by Gasteiger charge is -2.32. The van der Waals surface area contributed by atoms with Crippen LogP contribution in [0.25, 0.3) is 0 Å². The molecule has 0 radical (unpaired) electrons. The van der Waals surface area contributed by atoms with Gasteiger partial charge in [0.1, 0.15) is 4.99 Å². The average Bonchev–Trinajstić information content (AvgIpc) is 2.59. The van der Waals surface area contributed by atoms with Crippen molar-refractivity contribution in [2.45, 2.75) is 38.8 Å². The van der Waals surface area contributed by atoms with Gasteiger partial charge < -0.3 is 5.73 Å². The molecule has 92 valence electrons. The van der Waals surface area contributed by atoms with E-state index >= 15 is 0 Å². The number of hydrogen-bond acceptors (Lipinski definition) is 2. The second-order valence-corrected chi connectivity index (χ2v) is 5.80. The SMILES string of the molecule is CC1(C)CCCN1Cc1ccccc1C(N)=S. The first-order valence-electron chi connectivity index (χ1n) is 6.13. The Kier molecular flexibility index (Phi) is 3.50. The van der Waals surface area contributed by atoms with E-state index in [4.69, 9.17) is 18.0 Å². The van der Waals surface area contributed by atoms with Crippen LogP contribution in [0, 0.1) is 0 Å². The quantitative estimate of drug-likeness (QED) is 0.834. The third kappa shape index (κ3) is 2.67. The number of benzene rings is 1. The summed E-state index contributed by atoms with van der Waals surface area (Å²) in [6, 6.07) is 8.19. The fraction of sp³-hybridized carbons (Fsp3) is 0.500. The third-order valence-corrected chi connectivity index (χ3v) is 3.94. The van der Waals surface area contributed by atoms with Crippen LogP contribution >= 0.6 is 12.2 Å². The second kappa shape index (κ2) is 4.75. The first-order valence-corrected chi connectivity index (χ1v) is 6.54. The summed E-state index contributed by atoms with van der Waals surface area (Å²) in [6.07, 6.45) is 2.55. The third-order valence-electron chi connectivity index (χ3n) is 3.72. The van der Waals surface area contributed by atoms with E-state index < -0.39 is 0 Å². The van der Waals surface area contributed by atoms with Gasteiger partial charge >= 0.3 is 0 Å². The van der Waals surface area contributed by atoms with E-state index in [1.807, 2.05) is 12.1 Å². The number of likely N-dealkylation sites (tertiary alicyclic amines) is 1. The Morgan fingerprint density at radius 3 is 2.71 bits per heavy atom. The number of hydrogen-bond donors (Lipinski definition) is 1. The molecule has 0 saturated carbocycles. The molecular weight excluding hydrogens is 228 g/mol. The zero-order valence-electron chi connectivity index (χ0n) is 10.6. The first-order chi connectivity index (χ1) is 8.00. The van der Waals surface area contributed by atoms with Gasteiger partial charge in [0.2, 0.25) is 0 Å². The van der Waals surface area contributed by atoms with Crippen LogP contribution in [0.4, 0.5) is 0 Å². The van der Waals surface area contributed by atoms with E-state index in [0.29, 0.717) is 10.5 Å². The van der Waals surface area contributed by atoms with Gasteiger partial charge in [-0.3, -0.25) is 4.90 Å². The first kappa shape index (κ1) is 12.5. The molecule has 0 bridgehead atoms. The molecule has 2 rings (SSSR count). The summed E-state index contributed by atoms with van der Waals surface area (Å²) < 4.78 is 0. The highest BCUT2D eigenvalue weighted by Gasteiger charge is 2.31. The topological polar surface area (TPSA) is 29.3 Å². The minimum absolute atomic E-state index is 0.295. The molecule has 17 heavy (non-hydrogen) atoms. The lowest BCUT2D eigenvalue weighted by molar-refractivity contribution is 0.166. The molecule has 0 aromatic heterocycles. The van der Waals surface area contributed by atoms with Crippen LogP contribution in [0.1, 0.15) is 37.8 Å². The molecule has 0 atom stereocenters. The lowest BCUT2D eigenvalue weighted by atomic mass is 10.0. The van der Waals surface area contributed by atoms with Crippen LogP contribution < -0.4 is 5.73 Å². The van der Waals surface area contributed by atoms with E-state index in [1.165, 1.54) is 24.9 Å². The lowest BCUT2D eigenvalue weighted by Crippen LogP contribution is -2.37. The average molecular weight is 248 g/mol. The van der Waals surface area contributed by atoms with Gasteiger partial charge in [0, 0.05) is 17.6 Å². The Balaban J connectivity index is 2.21. The van der Waals surface area contributed by atoms with Crippen molar-refractivity contribution in [2.75, 3.05) is 6.54 Å². The minimum atomic E-state index is 0.295. The molecule has 1 heterocycles. The predicted octanol–water partition coefficient (Wildman–Crippen LogP) is 2.70. The predicted molar refractivity (Wildman–Crippen MR) is 76.1 cm³/mol. The summed E-state index contributed by atoms with van der Waals surface area (Å²) in [6.45, 7) is 6.73. The molecule has 1 aromatic rings. The van der Waals surface area contributed by atoms with Crippen molar-refractivity contribution in [1.82, 2.24) is 4.90 Å². The number of rotatable bonds is 3. The normalized spacial score (nSPS) is 19.4. The molecule has 0 unspecified atom stereocenters. The Bertz CT molecular complexity index is 426. The number of nitrogens with zero attached hydrogens (tertiary/aromatic N) is 1. The maximum absolute atomic E-state index is 5.77. The number of thiocarbonyl (C=S) groups is 1. The van der Waals surface area contributed by atoms with Crippen molar-refractivity contribution < 1.29 is 0 Å². The maximum atomic E-state index is 5.77. The van der Waals surface area contributed by atoms with Crippen molar-refractivity contribution in [3.05, 3.63) is 35.4 Å². The standard InChI is InChI=1S/C14H20N2S/c1-14(2)8-5-9-16(14)10-11-6-3-4-7-12(11)13(15)17/h3-4,6-7H,5,8-10H2,1-2H3,(H2,15,17). The molecule has 1 fully saturated rings. The van der Waals surface area contributed by atoms with Crippen molar-refractivity contribution >= 4 is 17.2 Å². The Labute approximate surface area is 109 Å². The molecule has 2 N–H and O–H groups in total. The van der Waals surface area contributed by atoms with Gasteiger partial charge in [0.15, 0.2) is 0 Å². The van der Waals surface area contributed by atoms with Crippen molar-refractivity contribution in [1.29, 1.82) is 0 Å². The fourth-order valence-electron chi connectivity index (χ4n) is 2.56. The molecule has 1 aliphatic heterocycles. The summed E-state index contributed by atoms with van der Waals surface area (Å²) in [7, 11) is 0. The van der Waals surface area contributed by atoms with E-state index in [9.17, 15) is 0 Å². The van der Waals surface area contributed by atoms with Crippen LogP contribution in [-0.2, 0) is 6.54 Å². The summed E-state index contributed by atoms with van der Waals surface area (Å²) in [4.78, 5) is 3.02. The van der Waals surface area contributed by atoms with Gasteiger partial charge in [-0.1, -0.05) is 36.5 Å². The van der Waals surface area contributed by atoms with Gasteiger partial charge in [-0.15, -0.1) is 0 Å². The van der Waals surface area contributed by atoms with E-state index in [0.717, 1.165) is 12.1 Å². The van der Waals surface area contributed by atoms with Crippen LogP contribution in [0.15, 0.2) is 24.3 Å². The second-order valence-electron chi connectivity index (χ2n) is 5.36. The largest absolute Gasteiger partial charge is 0.389 e. The smallest absolute Gasteiger partial charge is 0.104 e. The fourth-order valence-corrected chi connectivity index (χ4v) is 2.76. The van der Waals surface area contributed by atoms with E-state index in [2.05, 4.69) is 30.9 Å². The van der Waals surface area contributed by atoms with Gasteiger partial charge in [-0.2, -0.15) is 0 Å². The van der Waals surface area contributed by atoms with Crippen LogP contribution in [0.2, 0.25) is 0 Å². The van der Waals surface area contributed by atoms with Crippen LogP contribution in [0.5, 0.6) is 0 Å². The molecular formula is C14H20N2S. The van der Waals surface area contributed by atoms with Crippen molar-refractivity contribution in [3.63, 3.8) is 0 Å². The Hall–Kier alpha value is -0.930. The number of nitrogens with two attached hydrogens (primary N) is 1. The zero-order valence-corrected chi connectivity index (χ0v) is 11.4. The molecule has 0 amide bonds. The summed E-state index contributed by atoms with van der Waals surface area (Å²) in [5.74, 6) is 0. The molecule has 3 heteroatoms. The molecule has 2 nitrogen and oxygen atoms in total. The highest BCUT2D eigenvalue weighted by atomic mass is 32.1. The Morgan fingerprint density at radius 1 is 1.41 bits per heavy atom. The zero-order chi connectivity index (χ0) is 12.5. The van der Waals surface area contributed by atoms with Crippen LogP contribution in [-0.4, -0.2) is 22.0 Å². The maximum Gasteiger partial charge on any atom is 0.104 e. The Morgan fingerprint density at radius 2 is 2.12 bits per heavy atom.